The third-order valence-corrected chi connectivity index (χ3v) is 5.85. The quantitative estimate of drug-likeness (QED) is 0.152. The summed E-state index contributed by atoms with van der Waals surface area (Å²) in [6.45, 7) is 0. The standard InChI is InChI=1S/C24H20N6O5S/c1-35-20-13-19(30(33)34)12-17(22(20)32)14-25-26-21(31)15-36-24-28-27-23(16-8-4-2-5-9-16)29(24)18-10-6-3-7-11-18/h2-14,32H,15H2,1H3,(H,26,31)/b25-14+. The Bertz CT molecular complexity index is 1410. The number of carbonyl (C=O) groups is 1. The lowest BCUT2D eigenvalue weighted by atomic mass is 10.2. The molecule has 12 heteroatoms. The fraction of sp³-hybridized carbons (Fsp3) is 0.0833. The molecule has 0 spiro atoms. The molecule has 0 saturated heterocycles. The summed E-state index contributed by atoms with van der Waals surface area (Å²) in [5, 5.41) is 34.2. The van der Waals surface area contributed by atoms with E-state index in [0.717, 1.165) is 29.6 Å². The Hall–Kier alpha value is -4.71. The van der Waals surface area contributed by atoms with Gasteiger partial charge in [0, 0.05) is 22.9 Å². The van der Waals surface area contributed by atoms with Crippen LogP contribution in [0.4, 0.5) is 5.69 Å². The maximum atomic E-state index is 12.4. The fourth-order valence-electron chi connectivity index (χ4n) is 3.26. The SMILES string of the molecule is COc1cc([N+](=O)[O-])cc(/C=N/NC(=O)CSc2nnc(-c3ccccc3)n2-c2ccccc2)c1O. The second kappa shape index (κ2) is 11.1. The smallest absolute Gasteiger partial charge is 0.274 e. The van der Waals surface area contributed by atoms with E-state index in [2.05, 4.69) is 20.7 Å². The normalized spacial score (nSPS) is 10.9. The molecule has 0 saturated carbocycles. The Balaban J connectivity index is 1.49. The van der Waals surface area contributed by atoms with Crippen LogP contribution < -0.4 is 10.2 Å². The second-order valence-electron chi connectivity index (χ2n) is 7.27. The van der Waals surface area contributed by atoms with E-state index in [-0.39, 0.29) is 28.5 Å². The average molecular weight is 505 g/mol. The number of hydrogen-bond donors (Lipinski definition) is 2. The highest BCUT2D eigenvalue weighted by Gasteiger charge is 2.18. The summed E-state index contributed by atoms with van der Waals surface area (Å²) < 4.78 is 6.82. The number of rotatable bonds is 9. The first kappa shape index (κ1) is 24.4. The van der Waals surface area contributed by atoms with Crippen LogP contribution in [0, 0.1) is 10.1 Å². The Morgan fingerprint density at radius 2 is 1.86 bits per heavy atom. The third-order valence-electron chi connectivity index (χ3n) is 4.92. The van der Waals surface area contributed by atoms with Crippen LogP contribution in [0.25, 0.3) is 17.1 Å². The molecule has 3 aromatic carbocycles. The topological polar surface area (TPSA) is 145 Å². The first-order valence-electron chi connectivity index (χ1n) is 10.5. The molecule has 0 aliphatic carbocycles. The maximum absolute atomic E-state index is 12.4. The Morgan fingerprint density at radius 3 is 2.53 bits per heavy atom. The van der Waals surface area contributed by atoms with Gasteiger partial charge in [-0.3, -0.25) is 19.5 Å². The number of carbonyl (C=O) groups excluding carboxylic acids is 1. The summed E-state index contributed by atoms with van der Waals surface area (Å²) in [4.78, 5) is 22.9. The predicted octanol–water partition coefficient (Wildman–Crippen LogP) is 3.80. The summed E-state index contributed by atoms with van der Waals surface area (Å²) in [5.41, 5.74) is 3.79. The van der Waals surface area contributed by atoms with Crippen molar-refractivity contribution in [2.45, 2.75) is 5.16 Å². The second-order valence-corrected chi connectivity index (χ2v) is 8.21. The number of ether oxygens (including phenoxy) is 1. The molecule has 1 aromatic heterocycles. The molecule has 4 rings (SSSR count). The van der Waals surface area contributed by atoms with E-state index >= 15 is 0 Å². The molecular weight excluding hydrogens is 484 g/mol. The zero-order valence-electron chi connectivity index (χ0n) is 18.9. The van der Waals surface area contributed by atoms with Crippen LogP contribution in [0.2, 0.25) is 0 Å². The van der Waals surface area contributed by atoms with E-state index in [0.29, 0.717) is 11.0 Å². The Kier molecular flexibility index (Phi) is 7.56. The number of methoxy groups -OCH3 is 1. The number of nitro groups is 1. The first-order valence-corrected chi connectivity index (χ1v) is 11.5. The zero-order chi connectivity index (χ0) is 25.5. The van der Waals surface area contributed by atoms with Gasteiger partial charge in [0.05, 0.1) is 30.1 Å². The number of thioether (sulfide) groups is 1. The number of amides is 1. The van der Waals surface area contributed by atoms with Crippen molar-refractivity contribution in [3.8, 4) is 28.6 Å². The van der Waals surface area contributed by atoms with Crippen molar-refractivity contribution < 1.29 is 19.6 Å². The molecule has 0 aliphatic heterocycles. The largest absolute Gasteiger partial charge is 0.504 e. The lowest BCUT2D eigenvalue weighted by molar-refractivity contribution is -0.385. The van der Waals surface area contributed by atoms with Crippen molar-refractivity contribution in [1.29, 1.82) is 0 Å². The van der Waals surface area contributed by atoms with Gasteiger partial charge in [0.15, 0.2) is 22.5 Å². The van der Waals surface area contributed by atoms with Gasteiger partial charge in [-0.05, 0) is 12.1 Å². The van der Waals surface area contributed by atoms with Gasteiger partial charge in [-0.15, -0.1) is 10.2 Å². The minimum absolute atomic E-state index is 0.0188. The molecular formula is C24H20N6O5S. The number of aromatic hydroxyl groups is 1. The van der Waals surface area contributed by atoms with Crippen LogP contribution in [0.15, 0.2) is 83.1 Å². The van der Waals surface area contributed by atoms with E-state index in [4.69, 9.17) is 4.74 Å². The van der Waals surface area contributed by atoms with Crippen molar-refractivity contribution in [3.63, 3.8) is 0 Å². The lowest BCUT2D eigenvalue weighted by Crippen LogP contribution is -2.20. The van der Waals surface area contributed by atoms with Crippen molar-refractivity contribution in [1.82, 2.24) is 20.2 Å². The minimum atomic E-state index is -0.624. The molecule has 36 heavy (non-hydrogen) atoms. The average Bonchev–Trinajstić information content (AvgIpc) is 3.33. The zero-order valence-corrected chi connectivity index (χ0v) is 19.8. The highest BCUT2D eigenvalue weighted by Crippen LogP contribution is 2.33. The van der Waals surface area contributed by atoms with Crippen molar-refractivity contribution >= 4 is 29.6 Å². The van der Waals surface area contributed by atoms with Gasteiger partial charge in [-0.2, -0.15) is 5.10 Å². The summed E-state index contributed by atoms with van der Waals surface area (Å²) in [6.07, 6.45) is 1.10. The number of nitrogens with one attached hydrogen (secondary N) is 1. The van der Waals surface area contributed by atoms with Gasteiger partial charge >= 0.3 is 0 Å². The van der Waals surface area contributed by atoms with Crippen LogP contribution in [0.1, 0.15) is 5.56 Å². The number of aromatic nitrogens is 3. The highest BCUT2D eigenvalue weighted by molar-refractivity contribution is 7.99. The predicted molar refractivity (Wildman–Crippen MR) is 135 cm³/mol. The van der Waals surface area contributed by atoms with E-state index in [1.165, 1.54) is 18.9 Å². The van der Waals surface area contributed by atoms with Crippen LogP contribution in [-0.4, -0.2) is 49.8 Å². The van der Waals surface area contributed by atoms with E-state index in [1.807, 2.05) is 65.2 Å². The van der Waals surface area contributed by atoms with Crippen LogP contribution in [0.3, 0.4) is 0 Å². The van der Waals surface area contributed by atoms with Crippen LogP contribution in [0.5, 0.6) is 11.5 Å². The molecule has 4 aromatic rings. The molecule has 2 N–H and O–H groups in total. The fourth-order valence-corrected chi connectivity index (χ4v) is 4.00. The number of phenolic OH excluding ortho intramolecular Hbond substituents is 1. The van der Waals surface area contributed by atoms with Gasteiger partial charge in [-0.25, -0.2) is 5.43 Å². The van der Waals surface area contributed by atoms with Crippen molar-refractivity contribution in [3.05, 3.63) is 88.5 Å². The summed E-state index contributed by atoms with van der Waals surface area (Å²) >= 11 is 1.17. The number of non-ortho nitro benzene ring substituents is 1. The molecule has 0 fully saturated rings. The molecule has 0 radical (unpaired) electrons. The lowest BCUT2D eigenvalue weighted by Gasteiger charge is -2.10. The molecule has 0 unspecified atom stereocenters. The number of hydrazone groups is 1. The van der Waals surface area contributed by atoms with Crippen molar-refractivity contribution in [2.24, 2.45) is 5.10 Å². The minimum Gasteiger partial charge on any atom is -0.504 e. The van der Waals surface area contributed by atoms with E-state index in [1.54, 1.807) is 0 Å². The molecule has 11 nitrogen and oxygen atoms in total. The molecule has 0 bridgehead atoms. The number of phenols is 1. The number of para-hydroxylation sites is 1. The van der Waals surface area contributed by atoms with Gasteiger partial charge < -0.3 is 9.84 Å². The summed E-state index contributed by atoms with van der Waals surface area (Å²) in [7, 11) is 1.27. The molecule has 0 aliphatic rings. The monoisotopic (exact) mass is 504 g/mol. The number of nitro benzene ring substituents is 1. The van der Waals surface area contributed by atoms with E-state index < -0.39 is 10.8 Å². The maximum Gasteiger partial charge on any atom is 0.274 e. The molecule has 0 atom stereocenters. The molecule has 1 heterocycles. The Labute approximate surface area is 209 Å². The Morgan fingerprint density at radius 1 is 1.17 bits per heavy atom. The van der Waals surface area contributed by atoms with Gasteiger partial charge in [0.25, 0.3) is 11.6 Å². The summed E-state index contributed by atoms with van der Waals surface area (Å²) in [5.74, 6) is -0.252. The van der Waals surface area contributed by atoms with Crippen LogP contribution >= 0.6 is 11.8 Å². The van der Waals surface area contributed by atoms with Crippen molar-refractivity contribution in [2.75, 3.05) is 12.9 Å². The number of benzene rings is 3. The highest BCUT2D eigenvalue weighted by atomic mass is 32.2. The van der Waals surface area contributed by atoms with Crippen LogP contribution in [-0.2, 0) is 4.79 Å². The first-order chi connectivity index (χ1) is 17.5. The summed E-state index contributed by atoms with van der Waals surface area (Å²) in [6, 6.07) is 21.3. The third kappa shape index (κ3) is 5.50. The molecule has 1 amide bonds. The molecule has 182 valence electrons. The van der Waals surface area contributed by atoms with Gasteiger partial charge in [0.2, 0.25) is 0 Å². The number of nitrogens with zero attached hydrogens (tertiary/aromatic N) is 5. The van der Waals surface area contributed by atoms with Gasteiger partial charge in [-0.1, -0.05) is 60.3 Å². The number of hydrogen-bond acceptors (Lipinski definition) is 9. The van der Waals surface area contributed by atoms with E-state index in [9.17, 15) is 20.0 Å². The van der Waals surface area contributed by atoms with Gasteiger partial charge in [0.1, 0.15) is 0 Å².